The molecule has 0 fully saturated rings. The Bertz CT molecular complexity index is 106. The molecule has 8 heavy (non-hydrogen) atoms. The van der Waals surface area contributed by atoms with Crippen LogP contribution >= 0.6 is 0 Å². The second kappa shape index (κ2) is 2.73. The summed E-state index contributed by atoms with van der Waals surface area (Å²) >= 11 is 0. The van der Waals surface area contributed by atoms with Crippen LogP contribution in [0.2, 0.25) is 0 Å². The minimum Gasteiger partial charge on any atom is -0.430 e. The van der Waals surface area contributed by atoms with E-state index in [1.54, 1.807) is 7.11 Å². The van der Waals surface area contributed by atoms with Crippen LogP contribution in [-0.2, 0) is 4.65 Å². The number of hydrogen-bond donors (Lipinski definition) is 0. The Kier molecular flexibility index (Phi) is 1.92. The van der Waals surface area contributed by atoms with Gasteiger partial charge < -0.3 is 4.65 Å². The van der Waals surface area contributed by atoms with Gasteiger partial charge in [0, 0.05) is 7.11 Å². The summed E-state index contributed by atoms with van der Waals surface area (Å²) in [4.78, 5) is 0. The first-order chi connectivity index (χ1) is 3.93. The third-order valence-corrected chi connectivity index (χ3v) is 1.20. The van der Waals surface area contributed by atoms with Crippen LogP contribution in [0.4, 0.5) is 0 Å². The molecule has 1 rings (SSSR count). The maximum Gasteiger partial charge on any atom is 0.345 e. The lowest BCUT2D eigenvalue weighted by Crippen LogP contribution is -2.10. The van der Waals surface area contributed by atoms with E-state index < -0.39 is 0 Å². The summed E-state index contributed by atoms with van der Waals surface area (Å²) in [5.41, 5.74) is 0. The SMILES string of the molecule is COB1C=CCC=C1. The lowest BCUT2D eigenvalue weighted by atomic mass is 9.66. The summed E-state index contributed by atoms with van der Waals surface area (Å²) in [5, 5.41) is 0. The van der Waals surface area contributed by atoms with Crippen molar-refractivity contribution in [3.05, 3.63) is 24.1 Å². The molecule has 1 nitrogen and oxygen atoms in total. The van der Waals surface area contributed by atoms with Gasteiger partial charge >= 0.3 is 6.92 Å². The molecule has 0 aliphatic carbocycles. The van der Waals surface area contributed by atoms with Crippen LogP contribution in [0.15, 0.2) is 24.1 Å². The van der Waals surface area contributed by atoms with Crippen molar-refractivity contribution < 1.29 is 4.65 Å². The third-order valence-electron chi connectivity index (χ3n) is 1.20. The van der Waals surface area contributed by atoms with E-state index in [2.05, 4.69) is 24.1 Å². The molecule has 0 aromatic rings. The summed E-state index contributed by atoms with van der Waals surface area (Å²) in [6.45, 7) is 0.226. The molecule has 42 valence electrons. The number of allylic oxidation sites excluding steroid dienone is 2. The Morgan fingerprint density at radius 3 is 2.38 bits per heavy atom. The van der Waals surface area contributed by atoms with Gasteiger partial charge in [-0.2, -0.15) is 0 Å². The molecule has 0 amide bonds. The zero-order chi connectivity index (χ0) is 5.82. The van der Waals surface area contributed by atoms with Crippen LogP contribution < -0.4 is 0 Å². The first-order valence-corrected chi connectivity index (χ1v) is 2.79. The highest BCUT2D eigenvalue weighted by Gasteiger charge is 2.04. The van der Waals surface area contributed by atoms with Crippen LogP contribution in [0.1, 0.15) is 6.42 Å². The van der Waals surface area contributed by atoms with Crippen molar-refractivity contribution in [2.75, 3.05) is 7.11 Å². The van der Waals surface area contributed by atoms with E-state index in [0.29, 0.717) is 0 Å². The number of hydrogen-bond acceptors (Lipinski definition) is 1. The van der Waals surface area contributed by atoms with Gasteiger partial charge in [-0.15, -0.1) is 0 Å². The van der Waals surface area contributed by atoms with Crippen molar-refractivity contribution in [3.63, 3.8) is 0 Å². The van der Waals surface area contributed by atoms with Crippen LogP contribution in [0.3, 0.4) is 0 Å². The summed E-state index contributed by atoms with van der Waals surface area (Å²) in [5.74, 6) is 4.11. The Balaban J connectivity index is 2.42. The fourth-order valence-corrected chi connectivity index (χ4v) is 0.725. The van der Waals surface area contributed by atoms with Crippen molar-refractivity contribution in [3.8, 4) is 0 Å². The average molecular weight is 108 g/mol. The molecule has 1 aliphatic heterocycles. The Labute approximate surface area is 50.2 Å². The normalized spacial score (nSPS) is 17.4. The maximum atomic E-state index is 5.02. The van der Waals surface area contributed by atoms with Crippen molar-refractivity contribution in [1.82, 2.24) is 0 Å². The van der Waals surface area contributed by atoms with E-state index in [0.717, 1.165) is 6.42 Å². The van der Waals surface area contributed by atoms with Crippen LogP contribution in [0.25, 0.3) is 0 Å². The summed E-state index contributed by atoms with van der Waals surface area (Å²) in [6, 6.07) is 0. The minimum absolute atomic E-state index is 0.226. The molecule has 0 saturated heterocycles. The molecule has 0 radical (unpaired) electrons. The highest BCUT2D eigenvalue weighted by atomic mass is 16.4. The molecule has 0 unspecified atom stereocenters. The van der Waals surface area contributed by atoms with Crippen LogP contribution in [0.5, 0.6) is 0 Å². The molecular formula is C6H9BO. The Morgan fingerprint density at radius 1 is 1.38 bits per heavy atom. The molecule has 1 aliphatic rings. The first kappa shape index (κ1) is 5.64. The van der Waals surface area contributed by atoms with Gasteiger partial charge in [0.15, 0.2) is 0 Å². The molecule has 0 N–H and O–H groups in total. The summed E-state index contributed by atoms with van der Waals surface area (Å²) in [6.07, 6.45) is 5.27. The van der Waals surface area contributed by atoms with Crippen LogP contribution in [0, 0.1) is 0 Å². The second-order valence-corrected chi connectivity index (χ2v) is 1.79. The molecule has 2 heteroatoms. The first-order valence-electron chi connectivity index (χ1n) is 2.79. The molecule has 0 atom stereocenters. The predicted octanol–water partition coefficient (Wildman–Crippen LogP) is 1.22. The lowest BCUT2D eigenvalue weighted by Gasteiger charge is -2.01. The van der Waals surface area contributed by atoms with Crippen LogP contribution in [-0.4, -0.2) is 14.0 Å². The molecule has 1 heterocycles. The average Bonchev–Trinajstić information content (AvgIpc) is 1.90. The van der Waals surface area contributed by atoms with Crippen molar-refractivity contribution in [2.24, 2.45) is 0 Å². The van der Waals surface area contributed by atoms with Gasteiger partial charge in [0.1, 0.15) is 0 Å². The van der Waals surface area contributed by atoms with Gasteiger partial charge in [0.05, 0.1) is 0 Å². The van der Waals surface area contributed by atoms with E-state index in [-0.39, 0.29) is 6.92 Å². The summed E-state index contributed by atoms with van der Waals surface area (Å²) in [7, 11) is 1.71. The fourth-order valence-electron chi connectivity index (χ4n) is 0.725. The van der Waals surface area contributed by atoms with Gasteiger partial charge in [0.2, 0.25) is 0 Å². The standard InChI is InChI=1S/C6H9BO/c1-8-7-5-3-2-4-6-7/h3-6H,2H2,1H3. The quantitative estimate of drug-likeness (QED) is 0.459. The zero-order valence-electron chi connectivity index (χ0n) is 5.00. The van der Waals surface area contributed by atoms with Gasteiger partial charge in [-0.1, -0.05) is 24.1 Å². The van der Waals surface area contributed by atoms with E-state index >= 15 is 0 Å². The fraction of sp³-hybridized carbons (Fsp3) is 0.333. The maximum absolute atomic E-state index is 5.02. The highest BCUT2D eigenvalue weighted by Crippen LogP contribution is 1.99. The molecule has 0 aromatic carbocycles. The van der Waals surface area contributed by atoms with E-state index in [9.17, 15) is 0 Å². The largest absolute Gasteiger partial charge is 0.430 e. The van der Waals surface area contributed by atoms with Crippen molar-refractivity contribution >= 4 is 6.92 Å². The van der Waals surface area contributed by atoms with Crippen molar-refractivity contribution in [2.45, 2.75) is 6.42 Å². The van der Waals surface area contributed by atoms with Crippen molar-refractivity contribution in [1.29, 1.82) is 0 Å². The van der Waals surface area contributed by atoms with Gasteiger partial charge in [-0.3, -0.25) is 0 Å². The molecule has 0 bridgehead atoms. The summed E-state index contributed by atoms with van der Waals surface area (Å²) < 4.78 is 5.02. The smallest absolute Gasteiger partial charge is 0.345 e. The van der Waals surface area contributed by atoms with Gasteiger partial charge in [0.25, 0.3) is 0 Å². The van der Waals surface area contributed by atoms with E-state index in [4.69, 9.17) is 4.65 Å². The molecule has 0 aromatic heterocycles. The molecule has 0 saturated carbocycles. The Hall–Kier alpha value is -0.495. The minimum atomic E-state index is 0.226. The van der Waals surface area contributed by atoms with E-state index in [1.165, 1.54) is 0 Å². The molecule has 0 spiro atoms. The third kappa shape index (κ3) is 1.24. The zero-order valence-corrected chi connectivity index (χ0v) is 5.00. The van der Waals surface area contributed by atoms with Gasteiger partial charge in [-0.25, -0.2) is 0 Å². The second-order valence-electron chi connectivity index (χ2n) is 1.79. The topological polar surface area (TPSA) is 9.23 Å². The monoisotopic (exact) mass is 108 g/mol. The highest BCUT2D eigenvalue weighted by molar-refractivity contribution is 6.63. The lowest BCUT2D eigenvalue weighted by molar-refractivity contribution is 0.437. The Morgan fingerprint density at radius 2 is 2.00 bits per heavy atom. The van der Waals surface area contributed by atoms with Gasteiger partial charge in [-0.05, 0) is 6.42 Å². The number of rotatable bonds is 1. The molecular weight excluding hydrogens is 98.9 g/mol. The van der Waals surface area contributed by atoms with E-state index in [1.807, 2.05) is 0 Å². The predicted molar refractivity (Wildman–Crippen MR) is 35.7 cm³/mol.